The third-order valence-corrected chi connectivity index (χ3v) is 5.98. The van der Waals surface area contributed by atoms with Gasteiger partial charge in [0.15, 0.2) is 10.9 Å². The molecule has 1 saturated heterocycles. The lowest BCUT2D eigenvalue weighted by Crippen LogP contribution is -2.38. The Morgan fingerprint density at radius 3 is 2.46 bits per heavy atom. The minimum atomic E-state index is 0.137. The van der Waals surface area contributed by atoms with Crippen molar-refractivity contribution in [2.24, 2.45) is 5.92 Å². The second-order valence-electron chi connectivity index (χ2n) is 7.85. The molecule has 0 amide bonds. The minimum absolute atomic E-state index is 0.137. The highest BCUT2D eigenvalue weighted by Gasteiger charge is 2.22. The summed E-state index contributed by atoms with van der Waals surface area (Å²) >= 11 is 1.48. The summed E-state index contributed by atoms with van der Waals surface area (Å²) in [6.07, 6.45) is 0. The zero-order valence-corrected chi connectivity index (χ0v) is 18.3. The molecule has 28 heavy (non-hydrogen) atoms. The van der Waals surface area contributed by atoms with E-state index in [0.717, 1.165) is 47.4 Å². The molecule has 1 aliphatic rings. The first-order valence-corrected chi connectivity index (χ1v) is 10.8. The van der Waals surface area contributed by atoms with Crippen LogP contribution in [0.4, 0.5) is 5.95 Å². The predicted molar refractivity (Wildman–Crippen MR) is 114 cm³/mol. The number of carbonyl (C=O) groups is 1. The maximum absolute atomic E-state index is 12.8. The van der Waals surface area contributed by atoms with Crippen molar-refractivity contribution in [1.29, 1.82) is 0 Å². The van der Waals surface area contributed by atoms with Crippen LogP contribution in [0.1, 0.15) is 40.9 Å². The maximum atomic E-state index is 12.8. The normalized spacial score (nSPS) is 14.7. The first-order chi connectivity index (χ1) is 13.4. The molecule has 3 rings (SSSR count). The number of hydrogen-bond donors (Lipinski definition) is 0. The SMILES string of the molecule is Cc1cc(C)c(C(=O)CSc2nnc(N3CCOCC3)n2CC(C)C)cc1C. The van der Waals surface area contributed by atoms with Crippen LogP contribution in [0.15, 0.2) is 17.3 Å². The Morgan fingerprint density at radius 2 is 1.79 bits per heavy atom. The zero-order valence-electron chi connectivity index (χ0n) is 17.5. The minimum Gasteiger partial charge on any atom is -0.378 e. The van der Waals surface area contributed by atoms with Gasteiger partial charge in [-0.25, -0.2) is 0 Å². The molecule has 7 heteroatoms. The standard InChI is InChI=1S/C21H30N4O2S/c1-14(2)12-25-20(24-6-8-27-9-7-24)22-23-21(25)28-13-19(26)18-11-16(4)15(3)10-17(18)5/h10-11,14H,6-9,12-13H2,1-5H3. The number of aromatic nitrogens is 3. The third kappa shape index (κ3) is 4.75. The number of aryl methyl sites for hydroxylation is 3. The number of Topliss-reactive ketones (excluding diaryl/α,β-unsaturated/α-hetero) is 1. The molecule has 1 aliphatic heterocycles. The predicted octanol–water partition coefficient (Wildman–Crippen LogP) is 3.67. The Bertz CT molecular complexity index is 841. The number of benzene rings is 1. The van der Waals surface area contributed by atoms with E-state index in [0.29, 0.717) is 24.9 Å². The maximum Gasteiger partial charge on any atom is 0.228 e. The van der Waals surface area contributed by atoms with E-state index < -0.39 is 0 Å². The van der Waals surface area contributed by atoms with Crippen molar-refractivity contribution in [1.82, 2.24) is 14.8 Å². The van der Waals surface area contributed by atoms with E-state index in [4.69, 9.17) is 4.74 Å². The summed E-state index contributed by atoms with van der Waals surface area (Å²) in [5.41, 5.74) is 4.20. The van der Waals surface area contributed by atoms with Gasteiger partial charge in [-0.3, -0.25) is 9.36 Å². The Balaban J connectivity index is 1.77. The highest BCUT2D eigenvalue weighted by molar-refractivity contribution is 7.99. The smallest absolute Gasteiger partial charge is 0.228 e. The van der Waals surface area contributed by atoms with Gasteiger partial charge in [0.25, 0.3) is 0 Å². The van der Waals surface area contributed by atoms with E-state index in [1.807, 2.05) is 19.9 Å². The molecule has 0 unspecified atom stereocenters. The van der Waals surface area contributed by atoms with Crippen LogP contribution in [-0.2, 0) is 11.3 Å². The number of ether oxygens (including phenoxy) is 1. The molecule has 152 valence electrons. The Morgan fingerprint density at radius 1 is 1.11 bits per heavy atom. The molecule has 0 radical (unpaired) electrons. The monoisotopic (exact) mass is 402 g/mol. The molecule has 0 saturated carbocycles. The average Bonchev–Trinajstić information content (AvgIpc) is 3.05. The van der Waals surface area contributed by atoms with Gasteiger partial charge in [-0.2, -0.15) is 0 Å². The highest BCUT2D eigenvalue weighted by atomic mass is 32.2. The van der Waals surface area contributed by atoms with Gasteiger partial charge < -0.3 is 9.64 Å². The number of hydrogen-bond acceptors (Lipinski definition) is 6. The fraction of sp³-hybridized carbons (Fsp3) is 0.571. The number of thioether (sulfide) groups is 1. The third-order valence-electron chi connectivity index (χ3n) is 5.01. The van der Waals surface area contributed by atoms with Crippen molar-refractivity contribution in [3.8, 4) is 0 Å². The quantitative estimate of drug-likeness (QED) is 0.520. The van der Waals surface area contributed by atoms with Crippen molar-refractivity contribution < 1.29 is 9.53 Å². The lowest BCUT2D eigenvalue weighted by molar-refractivity contribution is 0.102. The molecule has 0 N–H and O–H groups in total. The van der Waals surface area contributed by atoms with Crippen molar-refractivity contribution in [2.75, 3.05) is 37.0 Å². The van der Waals surface area contributed by atoms with Crippen LogP contribution in [0.5, 0.6) is 0 Å². The summed E-state index contributed by atoms with van der Waals surface area (Å²) in [6.45, 7) is 14.4. The molecule has 0 atom stereocenters. The van der Waals surface area contributed by atoms with Crippen molar-refractivity contribution in [3.05, 3.63) is 34.4 Å². The van der Waals surface area contributed by atoms with Crippen LogP contribution < -0.4 is 4.90 Å². The highest BCUT2D eigenvalue weighted by Crippen LogP contribution is 2.26. The average molecular weight is 403 g/mol. The molecule has 1 fully saturated rings. The van der Waals surface area contributed by atoms with Crippen LogP contribution in [-0.4, -0.2) is 52.6 Å². The fourth-order valence-electron chi connectivity index (χ4n) is 3.38. The van der Waals surface area contributed by atoms with Gasteiger partial charge in [0.1, 0.15) is 0 Å². The number of ketones is 1. The first kappa shape index (κ1) is 20.9. The first-order valence-electron chi connectivity index (χ1n) is 9.86. The van der Waals surface area contributed by atoms with E-state index in [9.17, 15) is 4.79 Å². The number of nitrogens with zero attached hydrogens (tertiary/aromatic N) is 4. The second kappa shape index (κ2) is 9.09. The summed E-state index contributed by atoms with van der Waals surface area (Å²) in [4.78, 5) is 15.1. The lowest BCUT2D eigenvalue weighted by Gasteiger charge is -2.28. The van der Waals surface area contributed by atoms with E-state index >= 15 is 0 Å². The number of anilines is 1. The van der Waals surface area contributed by atoms with Crippen LogP contribution in [0, 0.1) is 26.7 Å². The van der Waals surface area contributed by atoms with Crippen molar-refractivity contribution >= 4 is 23.5 Å². The molecule has 1 aromatic carbocycles. The fourth-order valence-corrected chi connectivity index (χ4v) is 4.21. The van der Waals surface area contributed by atoms with E-state index in [2.05, 4.69) is 46.5 Å². The van der Waals surface area contributed by atoms with Gasteiger partial charge in [0, 0.05) is 25.2 Å². The van der Waals surface area contributed by atoms with Crippen molar-refractivity contribution in [2.45, 2.75) is 46.3 Å². The number of morpholine rings is 1. The van der Waals surface area contributed by atoms with Crippen LogP contribution in [0.2, 0.25) is 0 Å². The van der Waals surface area contributed by atoms with E-state index in [1.54, 1.807) is 0 Å². The van der Waals surface area contributed by atoms with Gasteiger partial charge >= 0.3 is 0 Å². The molecular weight excluding hydrogens is 372 g/mol. The molecule has 1 aromatic heterocycles. The summed E-state index contributed by atoms with van der Waals surface area (Å²) in [5.74, 6) is 1.85. The van der Waals surface area contributed by atoms with E-state index in [-0.39, 0.29) is 5.78 Å². The van der Waals surface area contributed by atoms with Gasteiger partial charge in [-0.05, 0) is 49.4 Å². The molecule has 0 aliphatic carbocycles. The molecule has 0 bridgehead atoms. The zero-order chi connectivity index (χ0) is 20.3. The lowest BCUT2D eigenvalue weighted by atomic mass is 9.99. The molecule has 0 spiro atoms. The van der Waals surface area contributed by atoms with Crippen molar-refractivity contribution in [3.63, 3.8) is 0 Å². The van der Waals surface area contributed by atoms with Gasteiger partial charge in [0.05, 0.1) is 19.0 Å². The Hall–Kier alpha value is -1.86. The molecular formula is C21H30N4O2S. The number of rotatable bonds is 7. The summed E-state index contributed by atoms with van der Waals surface area (Å²) in [5, 5.41) is 9.65. The summed E-state index contributed by atoms with van der Waals surface area (Å²) < 4.78 is 7.61. The Labute approximate surface area is 171 Å². The largest absolute Gasteiger partial charge is 0.378 e. The van der Waals surface area contributed by atoms with Gasteiger partial charge in [0.2, 0.25) is 5.95 Å². The summed E-state index contributed by atoms with van der Waals surface area (Å²) in [7, 11) is 0. The van der Waals surface area contributed by atoms with E-state index in [1.165, 1.54) is 17.3 Å². The van der Waals surface area contributed by atoms with Gasteiger partial charge in [-0.1, -0.05) is 31.7 Å². The second-order valence-corrected chi connectivity index (χ2v) is 8.79. The number of carbonyl (C=O) groups excluding carboxylic acids is 1. The van der Waals surface area contributed by atoms with Crippen LogP contribution in [0.3, 0.4) is 0 Å². The topological polar surface area (TPSA) is 60.3 Å². The van der Waals surface area contributed by atoms with Crippen LogP contribution >= 0.6 is 11.8 Å². The summed E-state index contributed by atoms with van der Waals surface area (Å²) in [6, 6.07) is 4.09. The Kier molecular flexibility index (Phi) is 6.78. The van der Waals surface area contributed by atoms with Gasteiger partial charge in [-0.15, -0.1) is 10.2 Å². The molecule has 2 heterocycles. The molecule has 6 nitrogen and oxygen atoms in total. The van der Waals surface area contributed by atoms with Crippen LogP contribution in [0.25, 0.3) is 0 Å². The molecule has 2 aromatic rings.